The standard InChI is InChI=1S/C12H12F2N4O/c13-7-3-9(11(14)10(15)4-7)12(19)17-2-1-8-5-16-6-18-8/h3-6H,1-2,15H2,(H,16,18)(H,17,19). The number of carbonyl (C=O) groups is 1. The van der Waals surface area contributed by atoms with Gasteiger partial charge in [-0.2, -0.15) is 0 Å². The Labute approximate surface area is 107 Å². The molecule has 0 aliphatic heterocycles. The van der Waals surface area contributed by atoms with Crippen LogP contribution in [-0.2, 0) is 6.42 Å². The number of halogens is 2. The Morgan fingerprint density at radius 2 is 2.21 bits per heavy atom. The molecule has 5 nitrogen and oxygen atoms in total. The number of rotatable bonds is 4. The van der Waals surface area contributed by atoms with Gasteiger partial charge >= 0.3 is 0 Å². The van der Waals surface area contributed by atoms with Crippen LogP contribution in [0.1, 0.15) is 16.1 Å². The quantitative estimate of drug-likeness (QED) is 0.728. The van der Waals surface area contributed by atoms with Crippen LogP contribution in [0.5, 0.6) is 0 Å². The number of aromatic nitrogens is 2. The number of imidazole rings is 1. The van der Waals surface area contributed by atoms with Gasteiger partial charge in [0.25, 0.3) is 5.91 Å². The van der Waals surface area contributed by atoms with Crippen LogP contribution in [0.3, 0.4) is 0 Å². The van der Waals surface area contributed by atoms with Gasteiger partial charge in [-0.3, -0.25) is 4.79 Å². The topological polar surface area (TPSA) is 83.8 Å². The molecule has 1 aromatic carbocycles. The molecule has 0 saturated carbocycles. The summed E-state index contributed by atoms with van der Waals surface area (Å²) in [7, 11) is 0. The molecule has 4 N–H and O–H groups in total. The Morgan fingerprint density at radius 3 is 2.89 bits per heavy atom. The number of benzene rings is 1. The molecule has 7 heteroatoms. The van der Waals surface area contributed by atoms with Crippen LogP contribution in [0.4, 0.5) is 14.5 Å². The maximum Gasteiger partial charge on any atom is 0.254 e. The Hall–Kier alpha value is -2.44. The van der Waals surface area contributed by atoms with Gasteiger partial charge in [0, 0.05) is 24.9 Å². The Bertz CT molecular complexity index is 584. The van der Waals surface area contributed by atoms with E-state index in [1.807, 2.05) is 0 Å². The van der Waals surface area contributed by atoms with E-state index in [1.165, 1.54) is 6.33 Å². The molecule has 2 rings (SSSR count). The lowest BCUT2D eigenvalue weighted by Crippen LogP contribution is -2.27. The largest absolute Gasteiger partial charge is 0.396 e. The highest BCUT2D eigenvalue weighted by Crippen LogP contribution is 2.17. The summed E-state index contributed by atoms with van der Waals surface area (Å²) in [4.78, 5) is 18.4. The fourth-order valence-corrected chi connectivity index (χ4v) is 1.60. The average molecular weight is 266 g/mol. The summed E-state index contributed by atoms with van der Waals surface area (Å²) in [6.45, 7) is 0.275. The van der Waals surface area contributed by atoms with E-state index in [1.54, 1.807) is 6.20 Å². The number of nitrogens with two attached hydrogens (primary N) is 1. The number of hydrogen-bond donors (Lipinski definition) is 3. The van der Waals surface area contributed by atoms with Gasteiger partial charge in [0.05, 0.1) is 17.6 Å². The van der Waals surface area contributed by atoms with Crippen molar-refractivity contribution in [2.45, 2.75) is 6.42 Å². The van der Waals surface area contributed by atoms with Gasteiger partial charge in [-0.25, -0.2) is 13.8 Å². The molecular formula is C12H12F2N4O. The van der Waals surface area contributed by atoms with Crippen molar-refractivity contribution in [3.8, 4) is 0 Å². The number of nitrogens with one attached hydrogen (secondary N) is 2. The molecule has 0 atom stereocenters. The van der Waals surface area contributed by atoms with Gasteiger partial charge in [0.15, 0.2) is 5.82 Å². The third-order valence-corrected chi connectivity index (χ3v) is 2.54. The second kappa shape index (κ2) is 5.47. The molecule has 0 spiro atoms. The number of hydrogen-bond acceptors (Lipinski definition) is 3. The monoisotopic (exact) mass is 266 g/mol. The number of carbonyl (C=O) groups excluding carboxylic acids is 1. The molecule has 0 aliphatic carbocycles. The van der Waals surface area contributed by atoms with E-state index >= 15 is 0 Å². The lowest BCUT2D eigenvalue weighted by Gasteiger charge is -2.07. The maximum absolute atomic E-state index is 13.6. The third kappa shape index (κ3) is 3.06. The van der Waals surface area contributed by atoms with Crippen molar-refractivity contribution in [2.24, 2.45) is 0 Å². The van der Waals surface area contributed by atoms with Crippen molar-refractivity contribution in [3.05, 3.63) is 47.5 Å². The molecular weight excluding hydrogens is 254 g/mol. The number of H-pyrrole nitrogens is 1. The first-order chi connectivity index (χ1) is 9.08. The molecule has 0 bridgehead atoms. The summed E-state index contributed by atoms with van der Waals surface area (Å²) in [6.07, 6.45) is 3.65. The maximum atomic E-state index is 13.6. The third-order valence-electron chi connectivity index (χ3n) is 2.54. The second-order valence-electron chi connectivity index (χ2n) is 3.94. The molecule has 0 unspecified atom stereocenters. The molecule has 2 aromatic rings. The van der Waals surface area contributed by atoms with Crippen LogP contribution in [0.2, 0.25) is 0 Å². The van der Waals surface area contributed by atoms with Crippen LogP contribution in [0.15, 0.2) is 24.7 Å². The first-order valence-electron chi connectivity index (χ1n) is 5.58. The first kappa shape index (κ1) is 13.0. The molecule has 0 saturated heterocycles. The Balaban J connectivity index is 2.00. The van der Waals surface area contributed by atoms with E-state index < -0.39 is 28.8 Å². The zero-order chi connectivity index (χ0) is 13.8. The molecule has 0 radical (unpaired) electrons. The van der Waals surface area contributed by atoms with Crippen molar-refractivity contribution < 1.29 is 13.6 Å². The SMILES string of the molecule is Nc1cc(F)cc(C(=O)NCCc2cnc[nH]2)c1F. The lowest BCUT2D eigenvalue weighted by molar-refractivity contribution is 0.0949. The van der Waals surface area contributed by atoms with Gasteiger partial charge in [-0.05, 0) is 12.1 Å². The number of aromatic amines is 1. The van der Waals surface area contributed by atoms with Crippen molar-refractivity contribution in [1.29, 1.82) is 0 Å². The molecule has 0 fully saturated rings. The molecule has 0 aliphatic rings. The van der Waals surface area contributed by atoms with Crippen LogP contribution in [-0.4, -0.2) is 22.4 Å². The molecule has 100 valence electrons. The Morgan fingerprint density at radius 1 is 1.42 bits per heavy atom. The smallest absolute Gasteiger partial charge is 0.254 e. The highest BCUT2D eigenvalue weighted by atomic mass is 19.1. The highest BCUT2D eigenvalue weighted by molar-refractivity contribution is 5.95. The second-order valence-corrected chi connectivity index (χ2v) is 3.94. The van der Waals surface area contributed by atoms with E-state index in [9.17, 15) is 13.6 Å². The predicted octanol–water partition coefficient (Wildman–Crippen LogP) is 1.24. The van der Waals surface area contributed by atoms with Gasteiger partial charge in [0.1, 0.15) is 5.82 Å². The van der Waals surface area contributed by atoms with Gasteiger partial charge in [-0.15, -0.1) is 0 Å². The van der Waals surface area contributed by atoms with Crippen LogP contribution in [0.25, 0.3) is 0 Å². The summed E-state index contributed by atoms with van der Waals surface area (Å²) >= 11 is 0. The van der Waals surface area contributed by atoms with E-state index in [2.05, 4.69) is 15.3 Å². The summed E-state index contributed by atoms with van der Waals surface area (Å²) in [5, 5.41) is 2.48. The zero-order valence-corrected chi connectivity index (χ0v) is 9.91. The van der Waals surface area contributed by atoms with E-state index in [0.29, 0.717) is 6.42 Å². The van der Waals surface area contributed by atoms with Crippen molar-refractivity contribution in [3.63, 3.8) is 0 Å². The fourth-order valence-electron chi connectivity index (χ4n) is 1.60. The van der Waals surface area contributed by atoms with Crippen LogP contribution in [0, 0.1) is 11.6 Å². The van der Waals surface area contributed by atoms with E-state index in [4.69, 9.17) is 5.73 Å². The van der Waals surface area contributed by atoms with Crippen LogP contribution >= 0.6 is 0 Å². The molecule has 1 aromatic heterocycles. The molecule has 1 heterocycles. The van der Waals surface area contributed by atoms with Gasteiger partial charge in [0.2, 0.25) is 0 Å². The number of nitrogens with zero attached hydrogens (tertiary/aromatic N) is 1. The number of anilines is 1. The Kier molecular flexibility index (Phi) is 3.74. The fraction of sp³-hybridized carbons (Fsp3) is 0.167. The molecule has 19 heavy (non-hydrogen) atoms. The number of nitrogen functional groups attached to an aromatic ring is 1. The van der Waals surface area contributed by atoms with Gasteiger partial charge < -0.3 is 16.0 Å². The normalized spacial score (nSPS) is 10.4. The van der Waals surface area contributed by atoms with E-state index in [0.717, 1.165) is 17.8 Å². The first-order valence-corrected chi connectivity index (χ1v) is 5.58. The van der Waals surface area contributed by atoms with Crippen molar-refractivity contribution >= 4 is 11.6 Å². The predicted molar refractivity (Wildman–Crippen MR) is 65.4 cm³/mol. The van der Waals surface area contributed by atoms with Crippen molar-refractivity contribution in [2.75, 3.05) is 12.3 Å². The molecule has 1 amide bonds. The summed E-state index contributed by atoms with van der Waals surface area (Å²) in [5.74, 6) is -2.37. The minimum absolute atomic E-state index is 0.275. The number of amides is 1. The minimum atomic E-state index is -0.916. The van der Waals surface area contributed by atoms with Gasteiger partial charge in [-0.1, -0.05) is 0 Å². The zero-order valence-electron chi connectivity index (χ0n) is 9.91. The lowest BCUT2D eigenvalue weighted by atomic mass is 10.1. The summed E-state index contributed by atoms with van der Waals surface area (Å²) in [6, 6.07) is 1.65. The van der Waals surface area contributed by atoms with E-state index in [-0.39, 0.29) is 6.54 Å². The van der Waals surface area contributed by atoms with Crippen molar-refractivity contribution in [1.82, 2.24) is 15.3 Å². The van der Waals surface area contributed by atoms with Crippen LogP contribution < -0.4 is 11.1 Å². The average Bonchev–Trinajstić information content (AvgIpc) is 2.86. The summed E-state index contributed by atoms with van der Waals surface area (Å²) < 4.78 is 26.6. The highest BCUT2D eigenvalue weighted by Gasteiger charge is 2.15. The summed E-state index contributed by atoms with van der Waals surface area (Å²) in [5.41, 5.74) is 5.30. The minimum Gasteiger partial charge on any atom is -0.396 e.